The summed E-state index contributed by atoms with van der Waals surface area (Å²) in [6, 6.07) is 8.71. The molecule has 5 nitrogen and oxygen atoms in total. The van der Waals surface area contributed by atoms with Crippen LogP contribution >= 0.6 is 0 Å². The van der Waals surface area contributed by atoms with Crippen LogP contribution < -0.4 is 5.32 Å². The minimum absolute atomic E-state index is 0.397. The Morgan fingerprint density at radius 1 is 1.15 bits per heavy atom. The summed E-state index contributed by atoms with van der Waals surface area (Å²) in [6.07, 6.45) is 8.46. The molecule has 0 aliphatic heterocycles. The molecule has 2 atom stereocenters. The molecule has 1 heterocycles. The molecule has 1 aliphatic carbocycles. The van der Waals surface area contributed by atoms with Crippen LogP contribution in [0.3, 0.4) is 0 Å². The number of aromatic nitrogens is 3. The zero-order chi connectivity index (χ0) is 13.8. The molecule has 1 fully saturated rings. The number of nitrogens with zero attached hydrogens (tertiary/aromatic N) is 3. The topological polar surface area (TPSA) is 52.0 Å². The van der Waals surface area contributed by atoms with Gasteiger partial charge < -0.3 is 10.1 Å². The third-order valence-corrected chi connectivity index (χ3v) is 3.85. The van der Waals surface area contributed by atoms with Gasteiger partial charge in [0, 0.05) is 18.8 Å². The van der Waals surface area contributed by atoms with Crippen molar-refractivity contribution < 1.29 is 4.74 Å². The summed E-state index contributed by atoms with van der Waals surface area (Å²) in [5.41, 5.74) is 2.11. The van der Waals surface area contributed by atoms with E-state index in [0.29, 0.717) is 12.1 Å². The third-order valence-electron chi connectivity index (χ3n) is 3.85. The predicted molar refractivity (Wildman–Crippen MR) is 78.0 cm³/mol. The lowest BCUT2D eigenvalue weighted by molar-refractivity contribution is 0.0669. The van der Waals surface area contributed by atoms with Gasteiger partial charge in [-0.15, -0.1) is 0 Å². The maximum atomic E-state index is 5.47. The SMILES string of the molecule is COC1CCCC(Nc2ccc(-n3nccn3)cc2)C1. The van der Waals surface area contributed by atoms with Crippen molar-refractivity contribution in [3.63, 3.8) is 0 Å². The average molecular weight is 272 g/mol. The van der Waals surface area contributed by atoms with E-state index >= 15 is 0 Å². The zero-order valence-corrected chi connectivity index (χ0v) is 11.7. The molecule has 2 aromatic rings. The predicted octanol–water partition coefficient (Wildman–Crippen LogP) is 2.64. The maximum Gasteiger partial charge on any atom is 0.0858 e. The largest absolute Gasteiger partial charge is 0.382 e. The van der Waals surface area contributed by atoms with Gasteiger partial charge in [-0.3, -0.25) is 0 Å². The standard InChI is InChI=1S/C15H20N4O/c1-20-15-4-2-3-13(11-15)18-12-5-7-14(8-6-12)19-16-9-10-17-19/h5-10,13,15,18H,2-4,11H2,1H3. The van der Waals surface area contributed by atoms with Crippen LogP contribution in [0.1, 0.15) is 25.7 Å². The summed E-state index contributed by atoms with van der Waals surface area (Å²) >= 11 is 0. The molecule has 0 amide bonds. The van der Waals surface area contributed by atoms with Crippen molar-refractivity contribution >= 4 is 5.69 Å². The highest BCUT2D eigenvalue weighted by atomic mass is 16.5. The third kappa shape index (κ3) is 2.99. The number of hydrogen-bond acceptors (Lipinski definition) is 4. The lowest BCUT2D eigenvalue weighted by Crippen LogP contribution is -2.30. The minimum atomic E-state index is 0.397. The van der Waals surface area contributed by atoms with Gasteiger partial charge in [0.2, 0.25) is 0 Å². The molecule has 0 spiro atoms. The highest BCUT2D eigenvalue weighted by Gasteiger charge is 2.21. The van der Waals surface area contributed by atoms with Gasteiger partial charge in [-0.25, -0.2) is 0 Å². The van der Waals surface area contributed by atoms with E-state index in [1.54, 1.807) is 24.3 Å². The highest BCUT2D eigenvalue weighted by Crippen LogP contribution is 2.24. The fraction of sp³-hybridized carbons (Fsp3) is 0.467. The number of methoxy groups -OCH3 is 1. The van der Waals surface area contributed by atoms with Crippen LogP contribution in [-0.2, 0) is 4.74 Å². The Kier molecular flexibility index (Phi) is 3.97. The van der Waals surface area contributed by atoms with E-state index in [1.165, 1.54) is 19.3 Å². The van der Waals surface area contributed by atoms with Crippen molar-refractivity contribution in [2.75, 3.05) is 12.4 Å². The fourth-order valence-electron chi connectivity index (χ4n) is 2.77. The van der Waals surface area contributed by atoms with Crippen molar-refractivity contribution in [1.29, 1.82) is 0 Å². The smallest absolute Gasteiger partial charge is 0.0858 e. The van der Waals surface area contributed by atoms with Crippen molar-refractivity contribution in [2.45, 2.75) is 37.8 Å². The van der Waals surface area contributed by atoms with Gasteiger partial charge in [-0.1, -0.05) is 0 Å². The van der Waals surface area contributed by atoms with E-state index < -0.39 is 0 Å². The molecule has 1 aromatic carbocycles. The van der Waals surface area contributed by atoms with Crippen molar-refractivity contribution in [2.24, 2.45) is 0 Å². The summed E-state index contributed by atoms with van der Waals surface area (Å²) in [5, 5.41) is 11.8. The molecule has 0 bridgehead atoms. The monoisotopic (exact) mass is 272 g/mol. The van der Waals surface area contributed by atoms with Crippen LogP contribution in [-0.4, -0.2) is 34.2 Å². The van der Waals surface area contributed by atoms with E-state index in [1.807, 2.05) is 12.1 Å². The molecule has 5 heteroatoms. The first kappa shape index (κ1) is 13.1. The molecule has 2 unspecified atom stereocenters. The Hall–Kier alpha value is -1.88. The Labute approximate surface area is 118 Å². The van der Waals surface area contributed by atoms with Crippen molar-refractivity contribution in [3.05, 3.63) is 36.7 Å². The molecular formula is C15H20N4O. The number of ether oxygens (including phenoxy) is 1. The molecule has 1 saturated carbocycles. The van der Waals surface area contributed by atoms with Gasteiger partial charge in [0.25, 0.3) is 0 Å². The highest BCUT2D eigenvalue weighted by molar-refractivity contribution is 5.48. The summed E-state index contributed by atoms with van der Waals surface area (Å²) in [5.74, 6) is 0. The van der Waals surface area contributed by atoms with Crippen LogP contribution in [0.25, 0.3) is 5.69 Å². The van der Waals surface area contributed by atoms with Gasteiger partial charge in [-0.2, -0.15) is 15.0 Å². The molecule has 1 N–H and O–H groups in total. The van der Waals surface area contributed by atoms with Gasteiger partial charge in [0.15, 0.2) is 0 Å². The number of hydrogen-bond donors (Lipinski definition) is 1. The fourth-order valence-corrected chi connectivity index (χ4v) is 2.77. The van der Waals surface area contributed by atoms with Gasteiger partial charge in [-0.05, 0) is 49.9 Å². The Morgan fingerprint density at radius 3 is 2.60 bits per heavy atom. The Morgan fingerprint density at radius 2 is 1.90 bits per heavy atom. The van der Waals surface area contributed by atoms with E-state index in [0.717, 1.165) is 17.8 Å². The molecule has 20 heavy (non-hydrogen) atoms. The van der Waals surface area contributed by atoms with Crippen LogP contribution in [0.4, 0.5) is 5.69 Å². The van der Waals surface area contributed by atoms with Crippen LogP contribution in [0, 0.1) is 0 Å². The van der Waals surface area contributed by atoms with Crippen LogP contribution in [0.2, 0.25) is 0 Å². The molecule has 1 aliphatic rings. The normalized spacial score (nSPS) is 22.6. The summed E-state index contributed by atoms with van der Waals surface area (Å²) in [6.45, 7) is 0. The number of anilines is 1. The molecule has 0 radical (unpaired) electrons. The first-order chi connectivity index (χ1) is 9.85. The lowest BCUT2D eigenvalue weighted by Gasteiger charge is -2.29. The van der Waals surface area contributed by atoms with Gasteiger partial charge in [0.05, 0.1) is 24.2 Å². The molecule has 3 rings (SSSR count). The minimum Gasteiger partial charge on any atom is -0.382 e. The van der Waals surface area contributed by atoms with Crippen LogP contribution in [0.15, 0.2) is 36.7 Å². The van der Waals surface area contributed by atoms with Crippen molar-refractivity contribution in [3.8, 4) is 5.69 Å². The summed E-state index contributed by atoms with van der Waals surface area (Å²) < 4.78 is 5.47. The first-order valence-corrected chi connectivity index (χ1v) is 7.11. The van der Waals surface area contributed by atoms with Crippen molar-refractivity contribution in [1.82, 2.24) is 15.0 Å². The average Bonchev–Trinajstić information content (AvgIpc) is 3.02. The second kappa shape index (κ2) is 6.05. The van der Waals surface area contributed by atoms with Gasteiger partial charge in [0.1, 0.15) is 0 Å². The van der Waals surface area contributed by atoms with Gasteiger partial charge >= 0.3 is 0 Å². The van der Waals surface area contributed by atoms with E-state index in [9.17, 15) is 0 Å². The Balaban J connectivity index is 1.63. The molecule has 0 saturated heterocycles. The summed E-state index contributed by atoms with van der Waals surface area (Å²) in [4.78, 5) is 1.62. The van der Waals surface area contributed by atoms with Crippen LogP contribution in [0.5, 0.6) is 0 Å². The van der Waals surface area contributed by atoms with E-state index in [2.05, 4.69) is 27.6 Å². The zero-order valence-electron chi connectivity index (χ0n) is 11.7. The lowest BCUT2D eigenvalue weighted by atomic mass is 9.92. The number of nitrogens with one attached hydrogen (secondary N) is 1. The second-order valence-corrected chi connectivity index (χ2v) is 5.23. The first-order valence-electron chi connectivity index (χ1n) is 7.11. The summed E-state index contributed by atoms with van der Waals surface area (Å²) in [7, 11) is 1.80. The second-order valence-electron chi connectivity index (χ2n) is 5.23. The van der Waals surface area contributed by atoms with E-state index in [-0.39, 0.29) is 0 Å². The van der Waals surface area contributed by atoms with E-state index in [4.69, 9.17) is 4.74 Å². The quantitative estimate of drug-likeness (QED) is 0.929. The number of benzene rings is 1. The number of rotatable bonds is 4. The Bertz CT molecular complexity index is 523. The molecule has 1 aromatic heterocycles. The maximum absolute atomic E-state index is 5.47. The molecular weight excluding hydrogens is 252 g/mol. The molecule has 106 valence electrons.